The number of hydrogen-bond donors (Lipinski definition) is 4. The van der Waals surface area contributed by atoms with E-state index in [1.54, 1.807) is 36.5 Å². The summed E-state index contributed by atoms with van der Waals surface area (Å²) in [6, 6.07) is 12.5. The molecule has 0 atom stereocenters. The van der Waals surface area contributed by atoms with Gasteiger partial charge in [-0.1, -0.05) is 29.8 Å². The lowest BCUT2D eigenvalue weighted by atomic mass is 9.94. The molecule has 1 aromatic carbocycles. The SMILES string of the molecule is CC=C(Cn1cc(-c2ccc(C(=O)Nc3ccccn3)cc2)c2c(N)ncnc21)CC(C)(C)NC(=O)O. The lowest BCUT2D eigenvalue weighted by Crippen LogP contribution is -2.43. The molecule has 0 aliphatic rings. The minimum Gasteiger partial charge on any atom is -0.465 e. The Labute approximate surface area is 214 Å². The first-order valence-corrected chi connectivity index (χ1v) is 11.7. The van der Waals surface area contributed by atoms with Crippen molar-refractivity contribution in [3.05, 3.63) is 78.4 Å². The van der Waals surface area contributed by atoms with Crippen molar-refractivity contribution in [3.8, 4) is 11.1 Å². The highest BCUT2D eigenvalue weighted by Crippen LogP contribution is 2.33. The molecule has 2 amide bonds. The van der Waals surface area contributed by atoms with Gasteiger partial charge >= 0.3 is 6.09 Å². The fourth-order valence-corrected chi connectivity index (χ4v) is 4.28. The number of carboxylic acid groups (broad SMARTS) is 1. The van der Waals surface area contributed by atoms with Crippen molar-refractivity contribution in [3.63, 3.8) is 0 Å². The van der Waals surface area contributed by atoms with E-state index < -0.39 is 11.6 Å². The zero-order valence-corrected chi connectivity index (χ0v) is 20.9. The van der Waals surface area contributed by atoms with Crippen LogP contribution in [0.2, 0.25) is 0 Å². The van der Waals surface area contributed by atoms with Gasteiger partial charge in [0.25, 0.3) is 5.91 Å². The van der Waals surface area contributed by atoms with E-state index in [2.05, 4.69) is 25.6 Å². The summed E-state index contributed by atoms with van der Waals surface area (Å²) in [6.45, 7) is 6.11. The number of amides is 2. The normalized spacial score (nSPS) is 11.9. The number of benzene rings is 1. The molecule has 0 bridgehead atoms. The summed E-state index contributed by atoms with van der Waals surface area (Å²) in [6.07, 6.45) is 6.44. The number of nitrogen functional groups attached to an aromatic ring is 1. The molecule has 4 rings (SSSR count). The van der Waals surface area contributed by atoms with Gasteiger partial charge in [-0.15, -0.1) is 0 Å². The number of nitrogens with zero attached hydrogens (tertiary/aromatic N) is 4. The molecule has 0 fully saturated rings. The zero-order chi connectivity index (χ0) is 26.6. The van der Waals surface area contributed by atoms with Crippen molar-refractivity contribution in [1.82, 2.24) is 24.8 Å². The van der Waals surface area contributed by atoms with Crippen LogP contribution in [0, 0.1) is 0 Å². The number of anilines is 2. The number of carbonyl (C=O) groups excluding carboxylic acids is 1. The van der Waals surface area contributed by atoms with Gasteiger partial charge in [0, 0.05) is 35.6 Å². The van der Waals surface area contributed by atoms with Gasteiger partial charge in [-0.2, -0.15) is 0 Å². The number of nitrogens with one attached hydrogen (secondary N) is 2. The maximum absolute atomic E-state index is 12.6. The monoisotopic (exact) mass is 499 g/mol. The topological polar surface area (TPSA) is 148 Å². The molecule has 0 saturated heterocycles. The van der Waals surface area contributed by atoms with Crippen LogP contribution in [0.3, 0.4) is 0 Å². The molecular formula is C27H29N7O3. The minimum atomic E-state index is -1.06. The van der Waals surface area contributed by atoms with Crippen molar-refractivity contribution < 1.29 is 14.7 Å². The second-order valence-corrected chi connectivity index (χ2v) is 9.31. The number of fused-ring (bicyclic) bond motifs is 1. The first-order valence-electron chi connectivity index (χ1n) is 11.7. The molecule has 0 aliphatic carbocycles. The van der Waals surface area contributed by atoms with Crippen LogP contribution < -0.4 is 16.4 Å². The molecule has 5 N–H and O–H groups in total. The number of rotatable bonds is 8. The summed E-state index contributed by atoms with van der Waals surface area (Å²) in [4.78, 5) is 36.6. The zero-order valence-electron chi connectivity index (χ0n) is 20.9. The molecule has 0 spiro atoms. The Morgan fingerprint density at radius 2 is 1.86 bits per heavy atom. The van der Waals surface area contributed by atoms with Crippen LogP contribution in [-0.4, -0.2) is 42.2 Å². The van der Waals surface area contributed by atoms with Crippen LogP contribution >= 0.6 is 0 Å². The van der Waals surface area contributed by atoms with Gasteiger partial charge in [0.2, 0.25) is 0 Å². The van der Waals surface area contributed by atoms with E-state index in [0.717, 1.165) is 16.7 Å². The van der Waals surface area contributed by atoms with Gasteiger partial charge in [0.05, 0.1) is 5.39 Å². The Balaban J connectivity index is 1.63. The van der Waals surface area contributed by atoms with Crippen molar-refractivity contribution >= 4 is 34.7 Å². The second-order valence-electron chi connectivity index (χ2n) is 9.31. The van der Waals surface area contributed by atoms with Crippen LogP contribution in [0.25, 0.3) is 22.2 Å². The number of pyridine rings is 1. The van der Waals surface area contributed by atoms with Crippen LogP contribution in [0.1, 0.15) is 37.6 Å². The standard InChI is InChI=1S/C27H29N7O3/c1-4-17(13-27(2,3)33-26(36)37)14-34-15-20(22-23(28)30-16-31-24(22)34)18-8-10-19(11-9-18)25(35)32-21-7-5-6-12-29-21/h4-12,15-16,33H,13-14H2,1-3H3,(H,36,37)(H2,28,30,31)(H,29,32,35). The fraction of sp³-hybridized carbons (Fsp3) is 0.222. The number of carbonyl (C=O) groups is 2. The van der Waals surface area contributed by atoms with Gasteiger partial charge in [-0.05, 0) is 57.0 Å². The lowest BCUT2D eigenvalue weighted by molar-refractivity contribution is 0.102. The third-order valence-corrected chi connectivity index (χ3v) is 5.94. The molecule has 10 nitrogen and oxygen atoms in total. The maximum atomic E-state index is 12.6. The maximum Gasteiger partial charge on any atom is 0.405 e. The molecule has 4 aromatic rings. The molecule has 3 aromatic heterocycles. The van der Waals surface area contributed by atoms with E-state index in [-0.39, 0.29) is 5.91 Å². The van der Waals surface area contributed by atoms with Crippen LogP contribution in [0.5, 0.6) is 0 Å². The largest absolute Gasteiger partial charge is 0.465 e. The van der Waals surface area contributed by atoms with Crippen LogP contribution in [-0.2, 0) is 6.54 Å². The Morgan fingerprint density at radius 1 is 1.11 bits per heavy atom. The molecule has 0 radical (unpaired) electrons. The predicted octanol–water partition coefficient (Wildman–Crippen LogP) is 4.71. The second kappa shape index (κ2) is 10.5. The number of nitrogens with two attached hydrogens (primary N) is 1. The highest BCUT2D eigenvalue weighted by Gasteiger charge is 2.23. The summed E-state index contributed by atoms with van der Waals surface area (Å²) in [5.41, 5.74) is 9.51. The van der Waals surface area contributed by atoms with E-state index in [9.17, 15) is 9.59 Å². The summed E-state index contributed by atoms with van der Waals surface area (Å²) in [5, 5.41) is 15.2. The molecule has 0 aliphatic heterocycles. The van der Waals surface area contributed by atoms with Crippen molar-refractivity contribution in [2.75, 3.05) is 11.1 Å². The van der Waals surface area contributed by atoms with Gasteiger partial charge in [-0.3, -0.25) is 4.79 Å². The molecule has 0 unspecified atom stereocenters. The molecule has 37 heavy (non-hydrogen) atoms. The Morgan fingerprint density at radius 3 is 2.51 bits per heavy atom. The van der Waals surface area contributed by atoms with E-state index in [4.69, 9.17) is 10.8 Å². The summed E-state index contributed by atoms with van der Waals surface area (Å²) in [5.74, 6) is 0.572. The predicted molar refractivity (Wildman–Crippen MR) is 143 cm³/mol. The number of aromatic nitrogens is 4. The van der Waals surface area contributed by atoms with E-state index in [1.807, 2.05) is 49.7 Å². The molecule has 3 heterocycles. The molecule has 0 saturated carbocycles. The van der Waals surface area contributed by atoms with Gasteiger partial charge in [0.1, 0.15) is 23.6 Å². The van der Waals surface area contributed by atoms with Gasteiger partial charge < -0.3 is 26.0 Å². The quantitative estimate of drug-likeness (QED) is 0.257. The van der Waals surface area contributed by atoms with Crippen molar-refractivity contribution in [2.45, 2.75) is 39.3 Å². The molecule has 10 heteroatoms. The van der Waals surface area contributed by atoms with Crippen LogP contribution in [0.15, 0.2) is 72.8 Å². The first kappa shape index (κ1) is 25.4. The van der Waals surface area contributed by atoms with Crippen molar-refractivity contribution in [2.24, 2.45) is 0 Å². The fourth-order valence-electron chi connectivity index (χ4n) is 4.28. The lowest BCUT2D eigenvalue weighted by Gasteiger charge is -2.26. The summed E-state index contributed by atoms with van der Waals surface area (Å²) in [7, 11) is 0. The Kier molecular flexibility index (Phi) is 7.19. The highest BCUT2D eigenvalue weighted by atomic mass is 16.4. The van der Waals surface area contributed by atoms with Gasteiger partial charge in [-0.25, -0.2) is 19.7 Å². The average Bonchev–Trinajstić information content (AvgIpc) is 3.23. The van der Waals surface area contributed by atoms with E-state index in [1.165, 1.54) is 6.33 Å². The smallest absolute Gasteiger partial charge is 0.405 e. The third kappa shape index (κ3) is 5.92. The molecular weight excluding hydrogens is 470 g/mol. The molecule has 190 valence electrons. The minimum absolute atomic E-state index is 0.258. The van der Waals surface area contributed by atoms with E-state index >= 15 is 0 Å². The Hall–Kier alpha value is -4.73. The summed E-state index contributed by atoms with van der Waals surface area (Å²) >= 11 is 0. The Bertz CT molecular complexity index is 1460. The van der Waals surface area contributed by atoms with Gasteiger partial charge in [0.15, 0.2) is 0 Å². The highest BCUT2D eigenvalue weighted by molar-refractivity contribution is 6.05. The first-order chi connectivity index (χ1) is 17.7. The third-order valence-electron chi connectivity index (χ3n) is 5.94. The number of hydrogen-bond acceptors (Lipinski definition) is 6. The van der Waals surface area contributed by atoms with E-state index in [0.29, 0.717) is 41.2 Å². The van der Waals surface area contributed by atoms with Crippen molar-refractivity contribution in [1.29, 1.82) is 0 Å². The summed E-state index contributed by atoms with van der Waals surface area (Å²) < 4.78 is 1.98. The average molecular weight is 500 g/mol. The number of allylic oxidation sites excluding steroid dienone is 1. The van der Waals surface area contributed by atoms with Crippen LogP contribution in [0.4, 0.5) is 16.4 Å².